The number of nitrogens with one attached hydrogen (secondary N) is 1. The summed E-state index contributed by atoms with van der Waals surface area (Å²) in [5.41, 5.74) is -0.139. The maximum atomic E-state index is 11.6. The third-order valence-corrected chi connectivity index (χ3v) is 3.82. The standard InChI is InChI=1S/C18H18N4O6/c19-9-14-15(22(26)27)8-13(10-21-14)17(24)16(23)6-7-20-18(25)28-11-12-4-2-1-3-5-12/h1-5,8,10,16-17,23-24H,6-7,11H2,(H,20,25). The number of pyridine rings is 1. The van der Waals surface area contributed by atoms with Gasteiger partial charge in [-0.05, 0) is 12.0 Å². The minimum atomic E-state index is -1.47. The first-order valence-electron chi connectivity index (χ1n) is 8.27. The van der Waals surface area contributed by atoms with Gasteiger partial charge < -0.3 is 20.3 Å². The Bertz CT molecular complexity index is 868. The summed E-state index contributed by atoms with van der Waals surface area (Å²) in [6, 6.07) is 11.7. The van der Waals surface area contributed by atoms with Gasteiger partial charge >= 0.3 is 11.8 Å². The van der Waals surface area contributed by atoms with Crippen LogP contribution in [0.5, 0.6) is 0 Å². The summed E-state index contributed by atoms with van der Waals surface area (Å²) in [7, 11) is 0. The normalized spacial score (nSPS) is 12.5. The number of hydrogen-bond donors (Lipinski definition) is 3. The SMILES string of the molecule is N#Cc1ncc(C(O)C(O)CCNC(=O)OCc2ccccc2)cc1[N+](=O)[O-]. The maximum Gasteiger partial charge on any atom is 0.407 e. The smallest absolute Gasteiger partial charge is 0.407 e. The molecule has 0 saturated carbocycles. The fraction of sp³-hybridized carbons (Fsp3) is 0.278. The van der Waals surface area contributed by atoms with Crippen molar-refractivity contribution >= 4 is 11.8 Å². The molecule has 28 heavy (non-hydrogen) atoms. The Morgan fingerprint density at radius 1 is 1.36 bits per heavy atom. The first-order valence-corrected chi connectivity index (χ1v) is 8.27. The summed E-state index contributed by atoms with van der Waals surface area (Å²) in [4.78, 5) is 25.4. The molecule has 0 aliphatic rings. The van der Waals surface area contributed by atoms with Crippen molar-refractivity contribution in [2.24, 2.45) is 0 Å². The van der Waals surface area contributed by atoms with E-state index in [-0.39, 0.29) is 25.1 Å². The molecule has 0 aliphatic carbocycles. The lowest BCUT2D eigenvalue weighted by atomic mass is 10.0. The van der Waals surface area contributed by atoms with Crippen LogP contribution in [0.3, 0.4) is 0 Å². The molecule has 0 spiro atoms. The number of carbonyl (C=O) groups is 1. The number of hydrogen-bond acceptors (Lipinski definition) is 8. The fourth-order valence-electron chi connectivity index (χ4n) is 2.33. The van der Waals surface area contributed by atoms with E-state index in [1.807, 2.05) is 18.2 Å². The molecule has 0 fully saturated rings. The second-order valence-corrected chi connectivity index (χ2v) is 5.79. The van der Waals surface area contributed by atoms with Crippen molar-refractivity contribution in [1.82, 2.24) is 10.3 Å². The monoisotopic (exact) mass is 386 g/mol. The van der Waals surface area contributed by atoms with Crippen LogP contribution in [0.2, 0.25) is 0 Å². The van der Waals surface area contributed by atoms with Gasteiger partial charge in [0.05, 0.1) is 11.0 Å². The van der Waals surface area contributed by atoms with Crippen LogP contribution in [0.15, 0.2) is 42.6 Å². The summed E-state index contributed by atoms with van der Waals surface area (Å²) in [5, 5.41) is 42.4. The number of aromatic nitrogens is 1. The first kappa shape index (κ1) is 20.8. The number of rotatable bonds is 8. The number of nitrogens with zero attached hydrogens (tertiary/aromatic N) is 3. The average molecular weight is 386 g/mol. The number of ether oxygens (including phenoxy) is 1. The molecular formula is C18H18N4O6. The highest BCUT2D eigenvalue weighted by atomic mass is 16.6. The van der Waals surface area contributed by atoms with Gasteiger partial charge in [0.1, 0.15) is 18.8 Å². The molecule has 3 N–H and O–H groups in total. The van der Waals surface area contributed by atoms with Crippen LogP contribution in [0.4, 0.5) is 10.5 Å². The molecule has 1 heterocycles. The van der Waals surface area contributed by atoms with Crippen LogP contribution in [0.25, 0.3) is 0 Å². The van der Waals surface area contributed by atoms with E-state index in [0.29, 0.717) is 0 Å². The zero-order chi connectivity index (χ0) is 20.5. The molecule has 1 amide bonds. The molecule has 2 aromatic rings. The lowest BCUT2D eigenvalue weighted by Crippen LogP contribution is -2.29. The first-order chi connectivity index (χ1) is 13.4. The Morgan fingerprint density at radius 2 is 2.07 bits per heavy atom. The van der Waals surface area contributed by atoms with Crippen molar-refractivity contribution in [2.75, 3.05) is 6.54 Å². The highest BCUT2D eigenvalue weighted by molar-refractivity contribution is 5.67. The fourth-order valence-corrected chi connectivity index (χ4v) is 2.33. The van der Waals surface area contributed by atoms with Gasteiger partial charge in [0, 0.05) is 24.4 Å². The molecule has 146 valence electrons. The van der Waals surface area contributed by atoms with E-state index in [0.717, 1.165) is 17.8 Å². The van der Waals surface area contributed by atoms with E-state index in [4.69, 9.17) is 10.00 Å². The van der Waals surface area contributed by atoms with Crippen LogP contribution in [0, 0.1) is 21.4 Å². The summed E-state index contributed by atoms with van der Waals surface area (Å²) < 4.78 is 5.01. The Labute approximate surface area is 160 Å². The van der Waals surface area contributed by atoms with Crippen molar-refractivity contribution in [3.63, 3.8) is 0 Å². The molecule has 2 unspecified atom stereocenters. The molecule has 2 atom stereocenters. The van der Waals surface area contributed by atoms with Gasteiger partial charge in [-0.2, -0.15) is 5.26 Å². The quantitative estimate of drug-likeness (QED) is 0.455. The molecule has 1 aromatic heterocycles. The molecule has 10 nitrogen and oxygen atoms in total. The molecule has 0 saturated heterocycles. The van der Waals surface area contributed by atoms with Crippen molar-refractivity contribution in [2.45, 2.75) is 25.2 Å². The van der Waals surface area contributed by atoms with E-state index < -0.39 is 34.6 Å². The van der Waals surface area contributed by atoms with Gasteiger partial charge in [-0.3, -0.25) is 10.1 Å². The number of nitriles is 1. The molecule has 0 radical (unpaired) electrons. The minimum Gasteiger partial charge on any atom is -0.445 e. The number of aliphatic hydroxyl groups excluding tert-OH is 2. The Kier molecular flexibility index (Phi) is 7.38. The van der Waals surface area contributed by atoms with Crippen LogP contribution >= 0.6 is 0 Å². The minimum absolute atomic E-state index is 0.00939. The van der Waals surface area contributed by atoms with Crippen LogP contribution in [-0.2, 0) is 11.3 Å². The largest absolute Gasteiger partial charge is 0.445 e. The van der Waals surface area contributed by atoms with Gasteiger partial charge in [-0.1, -0.05) is 30.3 Å². The molecular weight excluding hydrogens is 368 g/mol. The van der Waals surface area contributed by atoms with Crippen molar-refractivity contribution < 1.29 is 24.7 Å². The second kappa shape index (κ2) is 9.96. The zero-order valence-corrected chi connectivity index (χ0v) is 14.7. The van der Waals surface area contributed by atoms with Crippen LogP contribution in [-0.4, -0.2) is 38.9 Å². The third kappa shape index (κ3) is 5.73. The molecule has 0 bridgehead atoms. The Balaban J connectivity index is 1.83. The summed E-state index contributed by atoms with van der Waals surface area (Å²) in [6.45, 7) is 0.107. The van der Waals surface area contributed by atoms with E-state index in [2.05, 4.69) is 10.3 Å². The van der Waals surface area contributed by atoms with Gasteiger partial charge in [0.2, 0.25) is 5.69 Å². The highest BCUT2D eigenvalue weighted by Gasteiger charge is 2.23. The number of nitro groups is 1. The van der Waals surface area contributed by atoms with Crippen LogP contribution in [0.1, 0.15) is 29.3 Å². The predicted molar refractivity (Wildman–Crippen MR) is 95.8 cm³/mol. The second-order valence-electron chi connectivity index (χ2n) is 5.79. The van der Waals surface area contributed by atoms with E-state index in [1.165, 1.54) is 0 Å². The third-order valence-electron chi connectivity index (χ3n) is 3.82. The molecule has 10 heteroatoms. The number of aliphatic hydroxyl groups is 2. The number of benzene rings is 1. The zero-order valence-electron chi connectivity index (χ0n) is 14.7. The van der Waals surface area contributed by atoms with Gasteiger partial charge in [-0.25, -0.2) is 9.78 Å². The number of carbonyl (C=O) groups excluding carboxylic acids is 1. The Morgan fingerprint density at radius 3 is 2.71 bits per heavy atom. The lowest BCUT2D eigenvalue weighted by molar-refractivity contribution is -0.385. The average Bonchev–Trinajstić information content (AvgIpc) is 2.71. The van der Waals surface area contributed by atoms with E-state index in [9.17, 15) is 25.1 Å². The number of amides is 1. The number of alkyl carbamates (subject to hydrolysis) is 1. The van der Waals surface area contributed by atoms with E-state index in [1.54, 1.807) is 18.2 Å². The van der Waals surface area contributed by atoms with Gasteiger partial charge in [0.15, 0.2) is 0 Å². The topological polar surface area (TPSA) is 159 Å². The summed E-state index contributed by atoms with van der Waals surface area (Å²) in [6.07, 6.45) is -2.41. The predicted octanol–water partition coefficient (Wildman–Crippen LogP) is 1.57. The van der Waals surface area contributed by atoms with Crippen molar-refractivity contribution in [3.05, 3.63) is 69.5 Å². The molecule has 1 aromatic carbocycles. The molecule has 0 aliphatic heterocycles. The van der Waals surface area contributed by atoms with Crippen molar-refractivity contribution in [3.8, 4) is 6.07 Å². The summed E-state index contributed by atoms with van der Waals surface area (Å²) in [5.74, 6) is 0. The van der Waals surface area contributed by atoms with Gasteiger partial charge in [-0.15, -0.1) is 0 Å². The Hall–Kier alpha value is -3.55. The van der Waals surface area contributed by atoms with Gasteiger partial charge in [0.25, 0.3) is 0 Å². The highest BCUT2D eigenvalue weighted by Crippen LogP contribution is 2.24. The lowest BCUT2D eigenvalue weighted by Gasteiger charge is -2.18. The van der Waals surface area contributed by atoms with Crippen LogP contribution < -0.4 is 5.32 Å². The van der Waals surface area contributed by atoms with E-state index >= 15 is 0 Å². The summed E-state index contributed by atoms with van der Waals surface area (Å²) >= 11 is 0. The maximum absolute atomic E-state index is 11.6. The molecule has 2 rings (SSSR count). The van der Waals surface area contributed by atoms with Crippen molar-refractivity contribution in [1.29, 1.82) is 5.26 Å².